The summed E-state index contributed by atoms with van der Waals surface area (Å²) in [5.74, 6) is 0.927. The maximum absolute atomic E-state index is 13.4. The minimum Gasteiger partial charge on any atom is -0.444 e. The molecule has 3 saturated carbocycles. The highest BCUT2D eigenvalue weighted by molar-refractivity contribution is 6.48. The monoisotopic (exact) mass is 568 g/mol. The van der Waals surface area contributed by atoms with Gasteiger partial charge in [-0.2, -0.15) is 0 Å². The number of ketones is 1. The second-order valence-electron chi connectivity index (χ2n) is 14.6. The Morgan fingerprint density at radius 3 is 2.59 bits per heavy atom. The van der Waals surface area contributed by atoms with Crippen LogP contribution in [-0.4, -0.2) is 73.0 Å². The lowest BCUT2D eigenvalue weighted by Gasteiger charge is -2.64. The van der Waals surface area contributed by atoms with Crippen molar-refractivity contribution in [3.05, 3.63) is 35.9 Å². The number of carbonyl (C=O) groups is 2. The summed E-state index contributed by atoms with van der Waals surface area (Å²) >= 11 is 0. The van der Waals surface area contributed by atoms with Gasteiger partial charge in [-0.25, -0.2) is 4.79 Å². The number of nitrogens with zero attached hydrogens (tertiary/aromatic N) is 1. The first-order valence-electron chi connectivity index (χ1n) is 15.5. The van der Waals surface area contributed by atoms with Crippen molar-refractivity contribution in [1.29, 1.82) is 0 Å². The normalized spacial score (nSPS) is 31.8. The molecule has 8 nitrogen and oxygen atoms in total. The Hall–Kier alpha value is -1.94. The van der Waals surface area contributed by atoms with E-state index in [2.05, 4.69) is 32.9 Å². The van der Waals surface area contributed by atoms with Crippen molar-refractivity contribution in [1.82, 2.24) is 4.90 Å². The van der Waals surface area contributed by atoms with E-state index in [0.717, 1.165) is 24.8 Å². The van der Waals surface area contributed by atoms with Crippen molar-refractivity contribution in [2.24, 2.45) is 23.0 Å². The Bertz CT molecular complexity index is 1090. The van der Waals surface area contributed by atoms with E-state index in [1.807, 2.05) is 39.0 Å². The highest BCUT2D eigenvalue weighted by Gasteiger charge is 2.68. The van der Waals surface area contributed by atoms with E-state index in [-0.39, 0.29) is 53.9 Å². The molecule has 6 rings (SSSR count). The molecule has 2 saturated heterocycles. The van der Waals surface area contributed by atoms with E-state index in [1.165, 1.54) is 6.42 Å². The molecule has 3 aliphatic carbocycles. The van der Waals surface area contributed by atoms with E-state index < -0.39 is 18.8 Å². The Kier molecular flexibility index (Phi) is 8.65. The minimum absolute atomic E-state index is 0.0572. The van der Waals surface area contributed by atoms with Crippen molar-refractivity contribution in [2.75, 3.05) is 19.8 Å². The van der Waals surface area contributed by atoms with Crippen molar-refractivity contribution in [3.63, 3.8) is 0 Å². The highest BCUT2D eigenvalue weighted by atomic mass is 16.7. The minimum atomic E-state index is -0.754. The summed E-state index contributed by atoms with van der Waals surface area (Å²) in [7, 11) is -0.446. The topological polar surface area (TPSA) is 100 Å². The number of hydrogen-bond donors (Lipinski definition) is 1. The van der Waals surface area contributed by atoms with Crippen LogP contribution in [0, 0.1) is 17.3 Å². The number of benzene rings is 1. The van der Waals surface area contributed by atoms with Crippen LogP contribution in [0.5, 0.6) is 0 Å². The van der Waals surface area contributed by atoms with Crippen LogP contribution in [0.2, 0.25) is 5.82 Å². The van der Waals surface area contributed by atoms with E-state index >= 15 is 0 Å². The van der Waals surface area contributed by atoms with Gasteiger partial charge in [-0.15, -0.1) is 0 Å². The van der Waals surface area contributed by atoms with Gasteiger partial charge in [0.25, 0.3) is 0 Å². The van der Waals surface area contributed by atoms with Gasteiger partial charge in [-0.3, -0.25) is 4.79 Å². The molecular weight excluding hydrogens is 519 g/mol. The maximum atomic E-state index is 13.4. The maximum Gasteiger partial charge on any atom is 0.461 e. The second kappa shape index (κ2) is 11.6. The SMILES string of the molecule is CC(C)(C)OC(=O)N1CCC[C@@H]1COC[C@H](N)C(=O)C[C@@H](Cc1ccccc1)B1O[C@@H]2C[C@H]3C[C@@H](C3(C)C)[C@]2(C)O1. The number of ether oxygens (including phenoxy) is 2. The summed E-state index contributed by atoms with van der Waals surface area (Å²) in [6, 6.07) is 9.38. The fourth-order valence-electron chi connectivity index (χ4n) is 7.69. The van der Waals surface area contributed by atoms with E-state index in [9.17, 15) is 9.59 Å². The molecular formula is C32H49BN2O6. The molecule has 226 valence electrons. The van der Waals surface area contributed by atoms with Gasteiger partial charge in [-0.05, 0) is 82.6 Å². The lowest BCUT2D eigenvalue weighted by molar-refractivity contribution is -0.199. The summed E-state index contributed by atoms with van der Waals surface area (Å²) in [4.78, 5) is 27.8. The van der Waals surface area contributed by atoms with Crippen LogP contribution in [0.3, 0.4) is 0 Å². The first kappa shape index (κ1) is 30.5. The van der Waals surface area contributed by atoms with Crippen LogP contribution < -0.4 is 5.73 Å². The standard InChI is InChI=1S/C32H49BN2O6/c1-30(2,3)39-29(37)35-14-10-13-24(35)19-38-20-25(34)26(36)18-23(15-21-11-8-7-9-12-21)33-40-28-17-22-16-27(31(22,4)5)32(28,6)41-33/h7-9,11-12,22-25,27-28H,10,13-20,34H2,1-6H3/t22-,23-,24-,25+,27+,28-,32+/m1/s1. The third kappa shape index (κ3) is 6.38. The van der Waals surface area contributed by atoms with Crippen molar-refractivity contribution in [2.45, 2.75) is 115 Å². The summed E-state index contributed by atoms with van der Waals surface area (Å²) in [5.41, 5.74) is 6.90. The first-order chi connectivity index (χ1) is 19.3. The summed E-state index contributed by atoms with van der Waals surface area (Å²) < 4.78 is 24.8. The first-order valence-corrected chi connectivity index (χ1v) is 15.5. The fourth-order valence-corrected chi connectivity index (χ4v) is 7.69. The average molecular weight is 569 g/mol. The molecule has 1 amide bonds. The quantitative estimate of drug-likeness (QED) is 0.395. The van der Waals surface area contributed by atoms with E-state index in [0.29, 0.717) is 31.4 Å². The third-order valence-corrected chi connectivity index (χ3v) is 10.2. The zero-order chi connectivity index (χ0) is 29.6. The number of rotatable bonds is 10. The molecule has 0 aromatic heterocycles. The van der Waals surface area contributed by atoms with Gasteiger partial charge in [0.2, 0.25) is 0 Å². The number of Topliss-reactive ketones (excluding diaryl/α,β-unsaturated/α-hetero) is 1. The lowest BCUT2D eigenvalue weighted by Crippen LogP contribution is -2.65. The summed E-state index contributed by atoms with van der Waals surface area (Å²) in [5, 5.41) is 0. The highest BCUT2D eigenvalue weighted by Crippen LogP contribution is 2.66. The predicted octanol–water partition coefficient (Wildman–Crippen LogP) is 5.03. The third-order valence-electron chi connectivity index (χ3n) is 10.2. The van der Waals surface area contributed by atoms with Crippen LogP contribution in [0.25, 0.3) is 0 Å². The molecule has 1 aromatic carbocycles. The molecule has 2 N–H and O–H groups in total. The Morgan fingerprint density at radius 1 is 1.17 bits per heavy atom. The van der Waals surface area contributed by atoms with Gasteiger partial charge in [0.1, 0.15) is 5.60 Å². The second-order valence-corrected chi connectivity index (χ2v) is 14.6. The van der Waals surface area contributed by atoms with Gasteiger partial charge in [0.15, 0.2) is 5.78 Å². The molecule has 2 bridgehead atoms. The molecule has 0 spiro atoms. The zero-order valence-electron chi connectivity index (χ0n) is 25.8. The molecule has 5 aliphatic rings. The van der Waals surface area contributed by atoms with Gasteiger partial charge in [-0.1, -0.05) is 44.2 Å². The number of nitrogens with two attached hydrogens (primary N) is 1. The fraction of sp³-hybridized carbons (Fsp3) is 0.750. The van der Waals surface area contributed by atoms with Gasteiger partial charge in [0.05, 0.1) is 37.0 Å². The summed E-state index contributed by atoms with van der Waals surface area (Å²) in [6.45, 7) is 13.6. The molecule has 9 heteroatoms. The number of carbonyl (C=O) groups excluding carboxylic acids is 2. The molecule has 41 heavy (non-hydrogen) atoms. The number of likely N-dealkylation sites (tertiary alicyclic amines) is 1. The van der Waals surface area contributed by atoms with E-state index in [4.69, 9.17) is 24.5 Å². The molecule has 5 fully saturated rings. The Morgan fingerprint density at radius 2 is 1.90 bits per heavy atom. The van der Waals surface area contributed by atoms with Crippen LogP contribution in [0.15, 0.2) is 30.3 Å². The van der Waals surface area contributed by atoms with Crippen LogP contribution in [-0.2, 0) is 30.0 Å². The number of hydrogen-bond acceptors (Lipinski definition) is 7. The smallest absolute Gasteiger partial charge is 0.444 e. The molecule has 2 heterocycles. The van der Waals surface area contributed by atoms with Gasteiger partial charge < -0.3 is 29.4 Å². The van der Waals surface area contributed by atoms with Crippen molar-refractivity contribution >= 4 is 19.0 Å². The van der Waals surface area contributed by atoms with Crippen LogP contribution in [0.1, 0.15) is 79.2 Å². The van der Waals surface area contributed by atoms with Crippen molar-refractivity contribution in [3.8, 4) is 0 Å². The lowest BCUT2D eigenvalue weighted by atomic mass is 9.43. The predicted molar refractivity (Wildman–Crippen MR) is 158 cm³/mol. The average Bonchev–Trinajstić information content (AvgIpc) is 3.51. The van der Waals surface area contributed by atoms with Crippen LogP contribution in [0.4, 0.5) is 4.79 Å². The molecule has 2 aliphatic heterocycles. The van der Waals surface area contributed by atoms with Crippen molar-refractivity contribution < 1.29 is 28.4 Å². The van der Waals surface area contributed by atoms with E-state index in [1.54, 1.807) is 4.90 Å². The van der Waals surface area contributed by atoms with Crippen LogP contribution >= 0.6 is 0 Å². The molecule has 0 unspecified atom stereocenters. The number of amides is 1. The molecule has 0 radical (unpaired) electrons. The van der Waals surface area contributed by atoms with Gasteiger partial charge >= 0.3 is 13.2 Å². The summed E-state index contributed by atoms with van der Waals surface area (Å²) in [6.07, 6.45) is 4.63. The Labute approximate surface area is 246 Å². The van der Waals surface area contributed by atoms with Gasteiger partial charge in [0, 0.05) is 18.8 Å². The molecule has 1 aromatic rings. The Balaban J connectivity index is 1.18. The largest absolute Gasteiger partial charge is 0.461 e. The molecule has 7 atom stereocenters. The zero-order valence-corrected chi connectivity index (χ0v) is 25.8.